The number of hydrogen-bond acceptors (Lipinski definition) is 3. The van der Waals surface area contributed by atoms with Crippen LogP contribution in [0.15, 0.2) is 10.9 Å². The molecule has 0 saturated heterocycles. The molecule has 0 fully saturated rings. The second kappa shape index (κ2) is 3.77. The fourth-order valence-corrected chi connectivity index (χ4v) is 0.890. The Morgan fingerprint density at radius 1 is 1.64 bits per heavy atom. The van der Waals surface area contributed by atoms with Gasteiger partial charge >= 0.3 is 11.9 Å². The van der Waals surface area contributed by atoms with Crippen LogP contribution in [0.1, 0.15) is 5.69 Å². The van der Waals surface area contributed by atoms with E-state index in [4.69, 9.17) is 5.11 Å². The average molecular weight is 199 g/mol. The third-order valence-corrected chi connectivity index (χ3v) is 1.57. The molecule has 1 heterocycles. The van der Waals surface area contributed by atoms with Crippen molar-refractivity contribution in [3.63, 3.8) is 0 Å². The van der Waals surface area contributed by atoms with Crippen molar-refractivity contribution in [1.29, 1.82) is 0 Å². The second-order valence-electron chi connectivity index (χ2n) is 2.67. The fraction of sp³-hybridized carbons (Fsp3) is 0.286. The lowest BCUT2D eigenvalue weighted by Gasteiger charge is -1.98. The summed E-state index contributed by atoms with van der Waals surface area (Å²) in [5.41, 5.74) is 0.205. The number of carboxylic acids is 1. The van der Waals surface area contributed by atoms with Gasteiger partial charge in [-0.3, -0.25) is 19.4 Å². The smallest absolute Gasteiger partial charge is 0.394 e. The molecular weight excluding hydrogens is 190 g/mol. The number of H-pyrrole nitrogens is 1. The Hall–Kier alpha value is -2.05. The number of aliphatic carboxylic acids is 1. The molecule has 76 valence electrons. The van der Waals surface area contributed by atoms with Crippen LogP contribution >= 0.6 is 0 Å². The predicted octanol–water partition coefficient (Wildman–Crippen LogP) is -1.59. The minimum atomic E-state index is -1.55. The van der Waals surface area contributed by atoms with Gasteiger partial charge in [0.1, 0.15) is 0 Å². The van der Waals surface area contributed by atoms with Gasteiger partial charge in [0.2, 0.25) is 0 Å². The van der Waals surface area contributed by atoms with Gasteiger partial charge in [-0.2, -0.15) is 0 Å². The van der Waals surface area contributed by atoms with Crippen molar-refractivity contribution in [2.45, 2.75) is 6.54 Å². The van der Waals surface area contributed by atoms with E-state index in [1.54, 1.807) is 0 Å². The van der Waals surface area contributed by atoms with Crippen molar-refractivity contribution in [3.05, 3.63) is 22.1 Å². The van der Waals surface area contributed by atoms with E-state index in [1.807, 2.05) is 0 Å². The summed E-state index contributed by atoms with van der Waals surface area (Å²) in [7, 11) is 1.52. The van der Waals surface area contributed by atoms with Gasteiger partial charge in [0.25, 0.3) is 5.56 Å². The van der Waals surface area contributed by atoms with E-state index in [0.29, 0.717) is 5.69 Å². The quantitative estimate of drug-likeness (QED) is 0.499. The van der Waals surface area contributed by atoms with Crippen LogP contribution in [0.2, 0.25) is 0 Å². The van der Waals surface area contributed by atoms with Crippen LogP contribution < -0.4 is 10.9 Å². The minimum absolute atomic E-state index is 0.0127. The number of carboxylic acid groups (broad SMARTS) is 1. The summed E-state index contributed by atoms with van der Waals surface area (Å²) in [6.45, 7) is -0.0127. The molecule has 1 amide bonds. The Morgan fingerprint density at radius 2 is 2.29 bits per heavy atom. The third kappa shape index (κ3) is 2.22. The normalized spacial score (nSPS) is 9.79. The maximum Gasteiger partial charge on any atom is 0.394 e. The van der Waals surface area contributed by atoms with Crippen molar-refractivity contribution in [3.8, 4) is 0 Å². The van der Waals surface area contributed by atoms with Crippen LogP contribution in [0, 0.1) is 0 Å². The summed E-state index contributed by atoms with van der Waals surface area (Å²) in [4.78, 5) is 31.6. The summed E-state index contributed by atoms with van der Waals surface area (Å²) in [6, 6.07) is 1.28. The molecule has 3 N–H and O–H groups in total. The van der Waals surface area contributed by atoms with E-state index < -0.39 is 11.9 Å². The average Bonchev–Trinajstić information content (AvgIpc) is 2.42. The van der Waals surface area contributed by atoms with Crippen molar-refractivity contribution < 1.29 is 14.7 Å². The Bertz CT molecular complexity index is 417. The summed E-state index contributed by atoms with van der Waals surface area (Å²) >= 11 is 0. The maximum absolute atomic E-state index is 10.9. The number of nitrogens with zero attached hydrogens (tertiary/aromatic N) is 1. The van der Waals surface area contributed by atoms with E-state index >= 15 is 0 Å². The largest absolute Gasteiger partial charge is 0.474 e. The Labute approximate surface area is 78.3 Å². The Kier molecular flexibility index (Phi) is 2.70. The van der Waals surface area contributed by atoms with Crippen LogP contribution in [0.5, 0.6) is 0 Å². The molecule has 0 spiro atoms. The Balaban J connectivity index is 2.58. The van der Waals surface area contributed by atoms with Gasteiger partial charge in [-0.05, 0) is 0 Å². The first-order valence-electron chi connectivity index (χ1n) is 3.76. The molecule has 0 aromatic carbocycles. The molecule has 0 aliphatic rings. The van der Waals surface area contributed by atoms with Gasteiger partial charge in [-0.25, -0.2) is 4.79 Å². The van der Waals surface area contributed by atoms with Crippen LogP contribution in [-0.2, 0) is 23.2 Å². The third-order valence-electron chi connectivity index (χ3n) is 1.57. The first-order chi connectivity index (χ1) is 6.50. The highest BCUT2D eigenvalue weighted by Gasteiger charge is 2.10. The number of aromatic nitrogens is 2. The highest BCUT2D eigenvalue weighted by atomic mass is 16.4. The number of nitrogens with one attached hydrogen (secondary N) is 2. The standard InChI is InChI=1S/C7H9N3O4/c1-10-5(11)2-4(9-10)3-8-6(12)7(13)14/h2,9H,3H2,1H3,(H,8,12)(H,13,14). The van der Waals surface area contributed by atoms with Crippen LogP contribution in [0.4, 0.5) is 0 Å². The number of carbonyl (C=O) groups excluding carboxylic acids is 1. The van der Waals surface area contributed by atoms with Gasteiger partial charge in [0.15, 0.2) is 0 Å². The molecule has 0 unspecified atom stereocenters. The predicted molar refractivity (Wildman–Crippen MR) is 45.5 cm³/mol. The van der Waals surface area contributed by atoms with E-state index in [9.17, 15) is 14.4 Å². The van der Waals surface area contributed by atoms with Gasteiger partial charge in [0.05, 0.1) is 12.2 Å². The SMILES string of the molecule is Cn1[nH]c(CNC(=O)C(=O)O)cc1=O. The van der Waals surface area contributed by atoms with E-state index in [-0.39, 0.29) is 12.1 Å². The molecule has 7 heteroatoms. The van der Waals surface area contributed by atoms with Crippen LogP contribution in [0.25, 0.3) is 0 Å². The van der Waals surface area contributed by atoms with Gasteiger partial charge in [-0.1, -0.05) is 0 Å². The first-order valence-corrected chi connectivity index (χ1v) is 3.76. The van der Waals surface area contributed by atoms with Crippen molar-refractivity contribution in [1.82, 2.24) is 15.1 Å². The zero-order valence-corrected chi connectivity index (χ0v) is 7.40. The lowest BCUT2D eigenvalue weighted by Crippen LogP contribution is -2.30. The van der Waals surface area contributed by atoms with E-state index in [0.717, 1.165) is 0 Å². The van der Waals surface area contributed by atoms with Crippen molar-refractivity contribution in [2.24, 2.45) is 7.05 Å². The summed E-state index contributed by atoms with van der Waals surface area (Å²) in [5, 5.41) is 13.0. The molecule has 0 radical (unpaired) electrons. The molecule has 7 nitrogen and oxygen atoms in total. The summed E-state index contributed by atoms with van der Waals surface area (Å²) < 4.78 is 1.22. The van der Waals surface area contributed by atoms with E-state index in [2.05, 4.69) is 10.4 Å². The molecular formula is C7H9N3O4. The van der Waals surface area contributed by atoms with Gasteiger partial charge in [0, 0.05) is 13.1 Å². The number of rotatable bonds is 2. The molecule has 1 aromatic heterocycles. The summed E-state index contributed by atoms with van der Waals surface area (Å²) in [5.74, 6) is -2.65. The lowest BCUT2D eigenvalue weighted by atomic mass is 10.4. The molecule has 0 atom stereocenters. The van der Waals surface area contributed by atoms with Gasteiger partial charge < -0.3 is 10.4 Å². The fourth-order valence-electron chi connectivity index (χ4n) is 0.890. The van der Waals surface area contributed by atoms with E-state index in [1.165, 1.54) is 17.8 Å². The maximum atomic E-state index is 10.9. The topological polar surface area (TPSA) is 104 Å². The highest BCUT2D eigenvalue weighted by molar-refractivity contribution is 6.31. The zero-order chi connectivity index (χ0) is 10.7. The Morgan fingerprint density at radius 3 is 2.71 bits per heavy atom. The number of hydrogen-bond donors (Lipinski definition) is 3. The molecule has 0 saturated carbocycles. The van der Waals surface area contributed by atoms with Crippen molar-refractivity contribution in [2.75, 3.05) is 0 Å². The second-order valence-corrected chi connectivity index (χ2v) is 2.67. The monoisotopic (exact) mass is 199 g/mol. The summed E-state index contributed by atoms with van der Waals surface area (Å²) in [6.07, 6.45) is 0. The molecule has 1 aromatic rings. The zero-order valence-electron chi connectivity index (χ0n) is 7.40. The number of amides is 1. The number of aryl methyl sites for hydroxylation is 1. The first kappa shape index (κ1) is 10.0. The van der Waals surface area contributed by atoms with Crippen LogP contribution in [0.3, 0.4) is 0 Å². The van der Waals surface area contributed by atoms with Crippen LogP contribution in [-0.4, -0.2) is 26.8 Å². The number of aromatic amines is 1. The molecule has 14 heavy (non-hydrogen) atoms. The minimum Gasteiger partial charge on any atom is -0.474 e. The molecule has 0 aliphatic heterocycles. The van der Waals surface area contributed by atoms with Gasteiger partial charge in [-0.15, -0.1) is 0 Å². The molecule has 1 rings (SSSR count). The molecule has 0 bridgehead atoms. The number of carbonyl (C=O) groups is 2. The lowest BCUT2D eigenvalue weighted by molar-refractivity contribution is -0.150. The van der Waals surface area contributed by atoms with Crippen molar-refractivity contribution >= 4 is 11.9 Å². The highest BCUT2D eigenvalue weighted by Crippen LogP contribution is 1.87. The molecule has 0 aliphatic carbocycles.